The second-order valence-electron chi connectivity index (χ2n) is 7.88. The van der Waals surface area contributed by atoms with Crippen molar-refractivity contribution in [3.05, 3.63) is 24.4 Å². The first-order valence-corrected chi connectivity index (χ1v) is 8.99. The molecule has 1 aliphatic heterocycles. The molecule has 0 saturated carbocycles. The topological polar surface area (TPSA) is 131 Å². The number of carbonyl (C=O) groups excluding carboxylic acids is 3. The molecule has 1 aliphatic rings. The average Bonchev–Trinajstić information content (AvgIpc) is 3.07. The van der Waals surface area contributed by atoms with Crippen LogP contribution in [0.15, 0.2) is 24.4 Å². The van der Waals surface area contributed by atoms with Crippen LogP contribution in [0.5, 0.6) is 11.6 Å². The second kappa shape index (κ2) is 7.19. The van der Waals surface area contributed by atoms with Gasteiger partial charge in [-0.3, -0.25) is 10.1 Å². The van der Waals surface area contributed by atoms with Crippen molar-refractivity contribution in [3.8, 4) is 11.6 Å². The fraction of sp³-hybridized carbons (Fsp3) is 0.421. The zero-order chi connectivity index (χ0) is 21.4. The number of ether oxygens (including phenoxy) is 2. The molecular formula is C19H24N4O6. The highest BCUT2D eigenvalue weighted by Crippen LogP contribution is 2.31. The number of aromatic nitrogens is 1. The lowest BCUT2D eigenvalue weighted by atomic mass is 10.00. The summed E-state index contributed by atoms with van der Waals surface area (Å²) >= 11 is 0. The predicted molar refractivity (Wildman–Crippen MR) is 104 cm³/mol. The summed E-state index contributed by atoms with van der Waals surface area (Å²) in [6.07, 6.45) is 0.914. The Kier molecular flexibility index (Phi) is 5.04. The van der Waals surface area contributed by atoms with Crippen LogP contribution < -0.4 is 20.7 Å². The molecule has 0 radical (unpaired) electrons. The second-order valence-corrected chi connectivity index (χ2v) is 7.88. The predicted octanol–water partition coefficient (Wildman–Crippen LogP) is 1.46. The third-order valence-electron chi connectivity index (χ3n) is 4.45. The van der Waals surface area contributed by atoms with Crippen LogP contribution in [0.4, 0.5) is 9.59 Å². The van der Waals surface area contributed by atoms with E-state index in [1.165, 1.54) is 11.7 Å². The van der Waals surface area contributed by atoms with Gasteiger partial charge in [-0.05, 0) is 39.0 Å². The molecule has 156 valence electrons. The highest BCUT2D eigenvalue weighted by Gasteiger charge is 2.47. The molecule has 0 spiro atoms. The first-order chi connectivity index (χ1) is 13.5. The Bertz CT molecular complexity index is 977. The van der Waals surface area contributed by atoms with E-state index in [4.69, 9.17) is 9.47 Å². The van der Waals surface area contributed by atoms with Gasteiger partial charge in [-0.1, -0.05) is 0 Å². The van der Waals surface area contributed by atoms with E-state index in [2.05, 4.69) is 16.0 Å². The fourth-order valence-electron chi connectivity index (χ4n) is 3.13. The van der Waals surface area contributed by atoms with E-state index in [0.717, 1.165) is 0 Å². The standard InChI is InChI=1S/C19H24N4O6/c1-18(2,3)29-17(27)20-9-19(15(25)21-16(26)22-19)10-23-8-11-7-12(28-4)5-6-13(11)14(23)24/h5-8,24H,9-10H2,1-4H3,(H,20,27)(H2,21,22,25,26). The van der Waals surface area contributed by atoms with E-state index >= 15 is 0 Å². The molecule has 2 heterocycles. The van der Waals surface area contributed by atoms with Crippen molar-refractivity contribution in [2.24, 2.45) is 0 Å². The first kappa shape index (κ1) is 20.3. The highest BCUT2D eigenvalue weighted by molar-refractivity contribution is 6.07. The molecule has 0 aliphatic carbocycles. The summed E-state index contributed by atoms with van der Waals surface area (Å²) in [5.74, 6) is -0.0793. The van der Waals surface area contributed by atoms with Crippen LogP contribution in [0.1, 0.15) is 20.8 Å². The minimum absolute atomic E-state index is 0.0757. The van der Waals surface area contributed by atoms with E-state index < -0.39 is 29.2 Å². The van der Waals surface area contributed by atoms with Gasteiger partial charge in [0.1, 0.15) is 11.4 Å². The molecule has 10 heteroatoms. The van der Waals surface area contributed by atoms with Crippen LogP contribution in [0.3, 0.4) is 0 Å². The maximum Gasteiger partial charge on any atom is 0.407 e. The van der Waals surface area contributed by atoms with Crippen LogP contribution in [-0.4, -0.2) is 52.5 Å². The Morgan fingerprint density at radius 1 is 1.31 bits per heavy atom. The highest BCUT2D eigenvalue weighted by atomic mass is 16.6. The number of aromatic hydroxyl groups is 1. The minimum Gasteiger partial charge on any atom is -0.497 e. The number of carbonyl (C=O) groups is 3. The minimum atomic E-state index is -1.50. The molecule has 1 unspecified atom stereocenters. The number of imide groups is 1. The number of amides is 4. The van der Waals surface area contributed by atoms with E-state index in [1.807, 2.05) is 0 Å². The molecule has 29 heavy (non-hydrogen) atoms. The Labute approximate surface area is 167 Å². The Morgan fingerprint density at radius 3 is 2.62 bits per heavy atom. The third-order valence-corrected chi connectivity index (χ3v) is 4.45. The third kappa shape index (κ3) is 4.20. The molecule has 1 saturated heterocycles. The van der Waals surface area contributed by atoms with Crippen molar-refractivity contribution < 1.29 is 29.0 Å². The van der Waals surface area contributed by atoms with Gasteiger partial charge in [-0.2, -0.15) is 0 Å². The summed E-state index contributed by atoms with van der Waals surface area (Å²) in [5.41, 5.74) is -2.21. The lowest BCUT2D eigenvalue weighted by molar-refractivity contribution is -0.124. The van der Waals surface area contributed by atoms with Crippen molar-refractivity contribution in [1.29, 1.82) is 0 Å². The van der Waals surface area contributed by atoms with Crippen LogP contribution in [-0.2, 0) is 16.1 Å². The molecule has 1 fully saturated rings. The number of benzene rings is 1. The summed E-state index contributed by atoms with van der Waals surface area (Å²) in [6.45, 7) is 4.80. The van der Waals surface area contributed by atoms with Crippen molar-refractivity contribution in [3.63, 3.8) is 0 Å². The summed E-state index contributed by atoms with van der Waals surface area (Å²) in [5, 5.41) is 19.1. The maximum absolute atomic E-state index is 12.5. The number of fused-ring (bicyclic) bond motifs is 1. The van der Waals surface area contributed by atoms with Gasteiger partial charge in [0.05, 0.1) is 20.2 Å². The number of nitrogens with one attached hydrogen (secondary N) is 3. The number of methoxy groups -OCH3 is 1. The smallest absolute Gasteiger partial charge is 0.407 e. The number of urea groups is 1. The maximum atomic E-state index is 12.5. The monoisotopic (exact) mass is 404 g/mol. The summed E-state index contributed by atoms with van der Waals surface area (Å²) in [7, 11) is 1.54. The number of hydrogen-bond acceptors (Lipinski definition) is 6. The van der Waals surface area contributed by atoms with Crippen molar-refractivity contribution in [2.75, 3.05) is 13.7 Å². The zero-order valence-corrected chi connectivity index (χ0v) is 16.7. The van der Waals surface area contributed by atoms with Gasteiger partial charge in [0.2, 0.25) is 0 Å². The molecule has 10 nitrogen and oxygen atoms in total. The molecule has 3 rings (SSSR count). The molecule has 2 aromatic rings. The lowest BCUT2D eigenvalue weighted by Gasteiger charge is -2.28. The average molecular weight is 404 g/mol. The van der Waals surface area contributed by atoms with E-state index in [9.17, 15) is 19.5 Å². The summed E-state index contributed by atoms with van der Waals surface area (Å²) in [6, 6.07) is 4.46. The molecule has 1 aromatic heterocycles. The van der Waals surface area contributed by atoms with Gasteiger partial charge < -0.3 is 29.8 Å². The Hall–Kier alpha value is -3.43. The van der Waals surface area contributed by atoms with Crippen molar-refractivity contribution in [2.45, 2.75) is 38.5 Å². The van der Waals surface area contributed by atoms with E-state index in [0.29, 0.717) is 16.5 Å². The molecule has 1 aromatic carbocycles. The van der Waals surface area contributed by atoms with Gasteiger partial charge in [0.15, 0.2) is 11.4 Å². The molecular weight excluding hydrogens is 380 g/mol. The summed E-state index contributed by atoms with van der Waals surface area (Å²) in [4.78, 5) is 36.4. The van der Waals surface area contributed by atoms with Crippen LogP contribution in [0.2, 0.25) is 0 Å². The Morgan fingerprint density at radius 2 is 2.03 bits per heavy atom. The first-order valence-electron chi connectivity index (χ1n) is 8.99. The van der Waals surface area contributed by atoms with Crippen molar-refractivity contribution >= 4 is 28.8 Å². The normalized spacial score (nSPS) is 19.0. The van der Waals surface area contributed by atoms with Gasteiger partial charge in [0, 0.05) is 17.0 Å². The van der Waals surface area contributed by atoms with Crippen LogP contribution in [0.25, 0.3) is 10.8 Å². The molecule has 4 amide bonds. The number of nitrogens with zero attached hydrogens (tertiary/aromatic N) is 1. The number of hydrogen-bond donors (Lipinski definition) is 4. The van der Waals surface area contributed by atoms with Gasteiger partial charge >= 0.3 is 12.1 Å². The number of alkyl carbamates (subject to hydrolysis) is 1. The van der Waals surface area contributed by atoms with E-state index in [-0.39, 0.29) is 19.0 Å². The summed E-state index contributed by atoms with van der Waals surface area (Å²) < 4.78 is 11.8. The largest absolute Gasteiger partial charge is 0.497 e. The van der Waals surface area contributed by atoms with Gasteiger partial charge in [-0.25, -0.2) is 9.59 Å². The Balaban J connectivity index is 1.87. The van der Waals surface area contributed by atoms with Gasteiger partial charge in [0.25, 0.3) is 5.91 Å². The fourth-order valence-corrected chi connectivity index (χ4v) is 3.13. The van der Waals surface area contributed by atoms with E-state index in [1.54, 1.807) is 45.2 Å². The molecule has 1 atom stereocenters. The van der Waals surface area contributed by atoms with Crippen LogP contribution in [0, 0.1) is 0 Å². The quantitative estimate of drug-likeness (QED) is 0.558. The van der Waals surface area contributed by atoms with Gasteiger partial charge in [-0.15, -0.1) is 0 Å². The lowest BCUT2D eigenvalue weighted by Crippen LogP contribution is -2.58. The van der Waals surface area contributed by atoms with Crippen LogP contribution >= 0.6 is 0 Å². The molecule has 0 bridgehead atoms. The van der Waals surface area contributed by atoms with Crippen molar-refractivity contribution in [1.82, 2.24) is 20.5 Å². The molecule has 4 N–H and O–H groups in total. The number of rotatable bonds is 5. The zero-order valence-electron chi connectivity index (χ0n) is 16.7. The SMILES string of the molecule is COc1ccc2c(O)n(CC3(CNC(=O)OC(C)(C)C)NC(=O)NC3=O)cc2c1.